The molecule has 1 rings (SSSR count). The van der Waals surface area contributed by atoms with Gasteiger partial charge in [-0.2, -0.15) is 0 Å². The molecule has 120 valence electrons. The van der Waals surface area contributed by atoms with Crippen LogP contribution in [0.5, 0.6) is 0 Å². The normalized spacial score (nSPS) is 22.6. The average Bonchev–Trinajstić information content (AvgIpc) is 3.11. The summed E-state index contributed by atoms with van der Waals surface area (Å²) < 4.78 is 12.1. The van der Waals surface area contributed by atoms with Gasteiger partial charge in [0.15, 0.2) is 8.32 Å². The van der Waals surface area contributed by atoms with E-state index in [1.807, 2.05) is 0 Å². The van der Waals surface area contributed by atoms with Gasteiger partial charge in [0, 0.05) is 6.61 Å². The second-order valence-electron chi connectivity index (χ2n) is 7.82. The molecule has 3 heteroatoms. The van der Waals surface area contributed by atoms with Gasteiger partial charge in [0.2, 0.25) is 0 Å². The Balaban J connectivity index is 2.56. The van der Waals surface area contributed by atoms with E-state index in [1.165, 1.54) is 6.42 Å². The van der Waals surface area contributed by atoms with Gasteiger partial charge in [-0.15, -0.1) is 0 Å². The third kappa shape index (κ3) is 4.31. The minimum Gasteiger partial charge on any atom is -0.416 e. The lowest BCUT2D eigenvalue weighted by Crippen LogP contribution is -2.48. The quantitative estimate of drug-likeness (QED) is 0.429. The van der Waals surface area contributed by atoms with Crippen LogP contribution < -0.4 is 0 Å². The molecular formula is C17H36O2Si. The predicted molar refractivity (Wildman–Crippen MR) is 89.7 cm³/mol. The first kappa shape index (κ1) is 18.2. The van der Waals surface area contributed by atoms with Crippen LogP contribution in [0.15, 0.2) is 0 Å². The molecule has 1 aliphatic heterocycles. The summed E-state index contributed by atoms with van der Waals surface area (Å²) in [5.74, 6) is 1.32. The van der Waals surface area contributed by atoms with E-state index < -0.39 is 8.32 Å². The lowest BCUT2D eigenvalue weighted by atomic mass is 9.96. The third-order valence-corrected chi connectivity index (χ3v) is 11.2. The van der Waals surface area contributed by atoms with Gasteiger partial charge in [-0.05, 0) is 34.9 Å². The highest BCUT2D eigenvalue weighted by Gasteiger charge is 2.45. The minimum absolute atomic E-state index is 0.528. The second kappa shape index (κ2) is 7.41. The molecule has 0 bridgehead atoms. The van der Waals surface area contributed by atoms with E-state index in [9.17, 15) is 0 Å². The summed E-state index contributed by atoms with van der Waals surface area (Å²) in [5.41, 5.74) is 2.04. The molecule has 1 aliphatic rings. The highest BCUT2D eigenvalue weighted by Crippen LogP contribution is 2.42. The Hall–Kier alpha value is 0.137. The Morgan fingerprint density at radius 1 is 0.950 bits per heavy atom. The zero-order valence-electron chi connectivity index (χ0n) is 14.9. The summed E-state index contributed by atoms with van der Waals surface area (Å²) in [7, 11) is -1.68. The van der Waals surface area contributed by atoms with Crippen molar-refractivity contribution in [3.63, 3.8) is 0 Å². The molecule has 1 saturated heterocycles. The van der Waals surface area contributed by atoms with Crippen molar-refractivity contribution in [2.24, 2.45) is 11.8 Å². The predicted octanol–water partition coefficient (Wildman–Crippen LogP) is 5.24. The fraction of sp³-hybridized carbons (Fsp3) is 1.00. The molecule has 0 radical (unpaired) electrons. The van der Waals surface area contributed by atoms with Gasteiger partial charge in [-0.1, -0.05) is 55.4 Å². The van der Waals surface area contributed by atoms with Crippen LogP contribution in [0.1, 0.15) is 61.8 Å². The Morgan fingerprint density at radius 2 is 1.40 bits per heavy atom. The van der Waals surface area contributed by atoms with Gasteiger partial charge < -0.3 is 9.16 Å². The smallest absolute Gasteiger partial charge is 0.200 e. The fourth-order valence-corrected chi connectivity index (χ4v) is 9.60. The summed E-state index contributed by atoms with van der Waals surface area (Å²) in [6.45, 7) is 20.7. The molecule has 0 N–H and O–H groups in total. The summed E-state index contributed by atoms with van der Waals surface area (Å²) >= 11 is 0. The Bertz CT molecular complexity index is 263. The van der Waals surface area contributed by atoms with Crippen molar-refractivity contribution in [1.82, 2.24) is 0 Å². The Morgan fingerprint density at radius 3 is 1.75 bits per heavy atom. The van der Waals surface area contributed by atoms with Crippen LogP contribution in [-0.2, 0) is 9.16 Å². The molecular weight excluding hydrogens is 264 g/mol. The van der Waals surface area contributed by atoms with Crippen molar-refractivity contribution >= 4 is 8.32 Å². The highest BCUT2D eigenvalue weighted by molar-refractivity contribution is 6.77. The summed E-state index contributed by atoms with van der Waals surface area (Å²) in [6, 6.07) is 0. The maximum absolute atomic E-state index is 6.67. The summed E-state index contributed by atoms with van der Waals surface area (Å²) in [4.78, 5) is 0. The van der Waals surface area contributed by atoms with Gasteiger partial charge in [-0.3, -0.25) is 0 Å². The monoisotopic (exact) mass is 300 g/mol. The zero-order valence-corrected chi connectivity index (χ0v) is 15.9. The van der Waals surface area contributed by atoms with Crippen molar-refractivity contribution in [2.75, 3.05) is 13.2 Å². The van der Waals surface area contributed by atoms with Crippen LogP contribution in [0.3, 0.4) is 0 Å². The van der Waals surface area contributed by atoms with Crippen LogP contribution in [0.25, 0.3) is 0 Å². The Labute approximate surface area is 127 Å². The van der Waals surface area contributed by atoms with Crippen LogP contribution in [0, 0.1) is 11.8 Å². The van der Waals surface area contributed by atoms with Gasteiger partial charge >= 0.3 is 0 Å². The van der Waals surface area contributed by atoms with Crippen molar-refractivity contribution in [3.05, 3.63) is 0 Å². The average molecular weight is 301 g/mol. The molecule has 0 aromatic carbocycles. The number of rotatable bonds is 9. The van der Waals surface area contributed by atoms with Crippen molar-refractivity contribution < 1.29 is 9.16 Å². The maximum atomic E-state index is 6.67. The molecule has 0 aromatic heterocycles. The molecule has 0 spiro atoms. The van der Waals surface area contributed by atoms with Crippen LogP contribution in [0.2, 0.25) is 16.6 Å². The topological polar surface area (TPSA) is 21.8 Å². The molecule has 0 unspecified atom stereocenters. The molecule has 20 heavy (non-hydrogen) atoms. The number of ether oxygens (including phenoxy) is 1. The Kier molecular flexibility index (Phi) is 6.74. The fourth-order valence-electron chi connectivity index (χ4n) is 4.03. The molecule has 1 fully saturated rings. The van der Waals surface area contributed by atoms with E-state index >= 15 is 0 Å². The summed E-state index contributed by atoms with van der Waals surface area (Å²) in [5, 5.41) is 0. The van der Waals surface area contributed by atoms with Crippen molar-refractivity contribution in [2.45, 2.75) is 84.5 Å². The first-order valence-electron chi connectivity index (χ1n) is 8.47. The molecule has 0 saturated carbocycles. The second-order valence-corrected chi connectivity index (χ2v) is 13.3. The molecule has 3 atom stereocenters. The summed E-state index contributed by atoms with van der Waals surface area (Å²) in [6.07, 6.45) is 1.75. The SMILES string of the molecule is CC(C)[Si](OC[C@@H](C)C[C@H](C)[C@H]1CO1)(C(C)C)C(C)C. The number of epoxide rings is 1. The first-order valence-corrected chi connectivity index (χ1v) is 10.6. The van der Waals surface area contributed by atoms with E-state index in [1.54, 1.807) is 0 Å². The molecule has 1 heterocycles. The minimum atomic E-state index is -1.68. The number of hydrogen-bond acceptors (Lipinski definition) is 2. The van der Waals surface area contributed by atoms with E-state index in [-0.39, 0.29) is 0 Å². The van der Waals surface area contributed by atoms with E-state index in [0.717, 1.165) is 13.2 Å². The molecule has 0 aliphatic carbocycles. The van der Waals surface area contributed by atoms with Crippen LogP contribution >= 0.6 is 0 Å². The van der Waals surface area contributed by atoms with Crippen LogP contribution in [0.4, 0.5) is 0 Å². The third-order valence-electron chi connectivity index (χ3n) is 5.09. The van der Waals surface area contributed by atoms with Gasteiger partial charge in [0.05, 0.1) is 12.7 Å². The number of hydrogen-bond donors (Lipinski definition) is 0. The van der Waals surface area contributed by atoms with Gasteiger partial charge in [-0.25, -0.2) is 0 Å². The van der Waals surface area contributed by atoms with Gasteiger partial charge in [0.25, 0.3) is 0 Å². The molecule has 0 aromatic rings. The zero-order chi connectivity index (χ0) is 15.5. The molecule has 2 nitrogen and oxygen atoms in total. The maximum Gasteiger partial charge on any atom is 0.200 e. The van der Waals surface area contributed by atoms with E-state index in [0.29, 0.717) is 34.6 Å². The first-order chi connectivity index (χ1) is 9.21. The standard InChI is InChI=1S/C17H36O2Si/c1-12(2)20(13(3)4,14(5)6)19-10-15(7)9-16(8)17-11-18-17/h12-17H,9-11H2,1-8H3/t15-,16-,17+/m0/s1. The van der Waals surface area contributed by atoms with E-state index in [4.69, 9.17) is 9.16 Å². The van der Waals surface area contributed by atoms with E-state index in [2.05, 4.69) is 55.4 Å². The van der Waals surface area contributed by atoms with Crippen molar-refractivity contribution in [1.29, 1.82) is 0 Å². The largest absolute Gasteiger partial charge is 0.416 e. The lowest BCUT2D eigenvalue weighted by molar-refractivity contribution is 0.200. The van der Waals surface area contributed by atoms with Crippen LogP contribution in [-0.4, -0.2) is 27.6 Å². The highest BCUT2D eigenvalue weighted by atomic mass is 28.4. The van der Waals surface area contributed by atoms with Crippen molar-refractivity contribution in [3.8, 4) is 0 Å². The lowest BCUT2D eigenvalue weighted by Gasteiger charge is -2.43. The molecule has 0 amide bonds. The van der Waals surface area contributed by atoms with Gasteiger partial charge in [0.1, 0.15) is 0 Å².